The number of unbranched alkanes of at least 4 members (excludes halogenated alkanes) is 15. The van der Waals surface area contributed by atoms with Crippen molar-refractivity contribution < 1.29 is 32.8 Å². The Kier molecular flexibility index (Phi) is 30.6. The average Bonchev–Trinajstić information content (AvgIpc) is 2.97. The summed E-state index contributed by atoms with van der Waals surface area (Å²) < 4.78 is 33.0. The lowest BCUT2D eigenvalue weighted by Gasteiger charge is -2.20. The summed E-state index contributed by atoms with van der Waals surface area (Å²) in [4.78, 5) is 22.1. The topological polar surface area (TPSA) is 117 Å². The summed E-state index contributed by atoms with van der Waals surface area (Å²) in [7, 11) is -4.26. The molecule has 0 radical (unpaired) electrons. The zero-order chi connectivity index (χ0) is 31.0. The minimum Gasteiger partial charge on any atom is -0.457 e. The average molecular weight is 618 g/mol. The lowest BCUT2D eigenvalue weighted by molar-refractivity contribution is -0.154. The van der Waals surface area contributed by atoms with Gasteiger partial charge in [0.25, 0.3) is 0 Å². The van der Waals surface area contributed by atoms with Crippen LogP contribution in [0.1, 0.15) is 142 Å². The molecule has 0 fully saturated rings. The van der Waals surface area contributed by atoms with E-state index in [1.807, 2.05) is 0 Å². The molecule has 0 aromatic heterocycles. The van der Waals surface area contributed by atoms with Crippen molar-refractivity contribution >= 4 is 13.8 Å². The van der Waals surface area contributed by atoms with E-state index in [0.29, 0.717) is 13.0 Å². The van der Waals surface area contributed by atoms with Crippen LogP contribution >= 0.6 is 7.82 Å². The molecule has 42 heavy (non-hydrogen) atoms. The van der Waals surface area contributed by atoms with E-state index in [1.54, 1.807) is 0 Å². The fraction of sp³-hybridized carbons (Fsp3) is 0.848. The van der Waals surface area contributed by atoms with Crippen LogP contribution in [-0.4, -0.2) is 49.9 Å². The Hall–Kier alpha value is -1.02. The van der Waals surface area contributed by atoms with Crippen LogP contribution in [0.4, 0.5) is 0 Å². The Morgan fingerprint density at radius 3 is 1.88 bits per heavy atom. The van der Waals surface area contributed by atoms with Gasteiger partial charge in [0.1, 0.15) is 6.10 Å². The van der Waals surface area contributed by atoms with Gasteiger partial charge in [0.2, 0.25) is 0 Å². The fourth-order valence-corrected chi connectivity index (χ4v) is 5.14. The third-order valence-corrected chi connectivity index (χ3v) is 7.86. The van der Waals surface area contributed by atoms with Gasteiger partial charge in [-0.25, -0.2) is 4.57 Å². The van der Waals surface area contributed by atoms with E-state index in [0.717, 1.165) is 44.9 Å². The largest absolute Gasteiger partial charge is 0.472 e. The molecule has 8 nitrogen and oxygen atoms in total. The second kappa shape index (κ2) is 31.4. The molecule has 0 aliphatic rings. The van der Waals surface area contributed by atoms with Crippen molar-refractivity contribution in [2.24, 2.45) is 5.73 Å². The quantitative estimate of drug-likeness (QED) is 0.0332. The number of rotatable bonds is 32. The molecule has 3 N–H and O–H groups in total. The molecule has 0 aromatic carbocycles. The minimum atomic E-state index is -4.26. The number of hydrogen-bond donors (Lipinski definition) is 2. The molecule has 0 aliphatic heterocycles. The molecule has 0 bridgehead atoms. The highest BCUT2D eigenvalue weighted by Gasteiger charge is 2.25. The molecule has 2 atom stereocenters. The number of nitrogens with two attached hydrogens (primary N) is 1. The summed E-state index contributed by atoms with van der Waals surface area (Å²) in [6, 6.07) is 0. The molecule has 0 saturated heterocycles. The predicted molar refractivity (Wildman–Crippen MR) is 173 cm³/mol. The maximum absolute atomic E-state index is 12.3. The number of phosphoric acid groups is 1. The number of hydrogen-bond acceptors (Lipinski definition) is 7. The molecular weight excluding hydrogens is 553 g/mol. The van der Waals surface area contributed by atoms with Crippen LogP contribution in [0.25, 0.3) is 0 Å². The SMILES string of the molecule is CCCCCC/C=C\C/C=C\CCCCCCCCOCC(COP(=O)(O)OCCN)OC(=O)CCCCCCCC. The number of carbonyl (C=O) groups excluding carboxylic acids is 1. The van der Waals surface area contributed by atoms with Gasteiger partial charge in [-0.3, -0.25) is 13.8 Å². The molecule has 9 heteroatoms. The van der Waals surface area contributed by atoms with Crippen LogP contribution in [0.2, 0.25) is 0 Å². The van der Waals surface area contributed by atoms with Crippen molar-refractivity contribution in [3.63, 3.8) is 0 Å². The number of phosphoric ester groups is 1. The second-order valence-electron chi connectivity index (χ2n) is 11.0. The zero-order valence-corrected chi connectivity index (χ0v) is 27.9. The predicted octanol–water partition coefficient (Wildman–Crippen LogP) is 8.96. The van der Waals surface area contributed by atoms with Crippen molar-refractivity contribution in [3.05, 3.63) is 24.3 Å². The highest BCUT2D eigenvalue weighted by atomic mass is 31.2. The van der Waals surface area contributed by atoms with Crippen LogP contribution in [0.3, 0.4) is 0 Å². The molecule has 0 aromatic rings. The van der Waals surface area contributed by atoms with Gasteiger partial charge in [0, 0.05) is 19.6 Å². The van der Waals surface area contributed by atoms with Crippen molar-refractivity contribution in [2.75, 3.05) is 33.0 Å². The van der Waals surface area contributed by atoms with Gasteiger partial charge in [-0.05, 0) is 44.9 Å². The Bertz CT molecular complexity index is 702. The van der Waals surface area contributed by atoms with Gasteiger partial charge in [0.05, 0.1) is 19.8 Å². The molecule has 2 unspecified atom stereocenters. The smallest absolute Gasteiger partial charge is 0.457 e. The second-order valence-corrected chi connectivity index (χ2v) is 12.5. The summed E-state index contributed by atoms with van der Waals surface area (Å²) >= 11 is 0. The number of carbonyl (C=O) groups is 1. The van der Waals surface area contributed by atoms with Crippen molar-refractivity contribution in [1.29, 1.82) is 0 Å². The van der Waals surface area contributed by atoms with E-state index >= 15 is 0 Å². The first-order valence-electron chi connectivity index (χ1n) is 16.8. The van der Waals surface area contributed by atoms with Gasteiger partial charge in [-0.15, -0.1) is 0 Å². The molecule has 248 valence electrons. The van der Waals surface area contributed by atoms with E-state index in [9.17, 15) is 14.3 Å². The molecular formula is C33H64NO7P. The van der Waals surface area contributed by atoms with Crippen LogP contribution in [0, 0.1) is 0 Å². The third-order valence-electron chi connectivity index (χ3n) is 6.87. The van der Waals surface area contributed by atoms with E-state index in [2.05, 4.69) is 38.2 Å². The van der Waals surface area contributed by atoms with E-state index in [4.69, 9.17) is 24.3 Å². The van der Waals surface area contributed by atoms with Gasteiger partial charge < -0.3 is 20.1 Å². The monoisotopic (exact) mass is 617 g/mol. The highest BCUT2D eigenvalue weighted by Crippen LogP contribution is 2.43. The molecule has 0 spiro atoms. The third kappa shape index (κ3) is 30.4. The summed E-state index contributed by atoms with van der Waals surface area (Å²) in [5.41, 5.74) is 5.32. The standard InChI is InChI=1S/C33H64NO7P/c1-3-5-7-9-11-12-13-14-15-16-17-18-19-20-21-23-25-28-38-30-32(31-40-42(36,37)39-29-27-34)41-33(35)26-24-22-10-8-6-4-2/h12-13,15-16,32H,3-11,14,17-31,34H2,1-2H3,(H,36,37)/b13-12-,16-15-. The van der Waals surface area contributed by atoms with Crippen molar-refractivity contribution in [1.82, 2.24) is 0 Å². The van der Waals surface area contributed by atoms with Crippen LogP contribution < -0.4 is 5.73 Å². The van der Waals surface area contributed by atoms with Gasteiger partial charge in [-0.2, -0.15) is 0 Å². The Balaban J connectivity index is 4.03. The normalized spacial score (nSPS) is 14.1. The van der Waals surface area contributed by atoms with E-state index in [1.165, 1.54) is 77.0 Å². The molecule has 0 aliphatic carbocycles. The fourth-order valence-electron chi connectivity index (χ4n) is 4.38. The van der Waals surface area contributed by atoms with Crippen LogP contribution in [0.5, 0.6) is 0 Å². The Labute approximate surface area is 257 Å². The summed E-state index contributed by atoms with van der Waals surface area (Å²) in [6.45, 7) is 4.80. The summed E-state index contributed by atoms with van der Waals surface area (Å²) in [5.74, 6) is -0.345. The van der Waals surface area contributed by atoms with Gasteiger partial charge in [0.15, 0.2) is 0 Å². The summed E-state index contributed by atoms with van der Waals surface area (Å²) in [6.07, 6.45) is 30.7. The number of ether oxygens (including phenoxy) is 2. The molecule has 0 rings (SSSR count). The Morgan fingerprint density at radius 1 is 0.714 bits per heavy atom. The van der Waals surface area contributed by atoms with Crippen molar-refractivity contribution in [3.8, 4) is 0 Å². The summed E-state index contributed by atoms with van der Waals surface area (Å²) in [5, 5.41) is 0. The number of esters is 1. The first kappa shape index (κ1) is 41.0. The maximum Gasteiger partial charge on any atom is 0.472 e. The zero-order valence-electron chi connectivity index (χ0n) is 27.0. The first-order valence-corrected chi connectivity index (χ1v) is 18.3. The molecule has 0 heterocycles. The van der Waals surface area contributed by atoms with Gasteiger partial charge in [-0.1, -0.05) is 115 Å². The van der Waals surface area contributed by atoms with Gasteiger partial charge >= 0.3 is 13.8 Å². The molecule has 0 saturated carbocycles. The minimum absolute atomic E-state index is 0.0969. The van der Waals surface area contributed by atoms with E-state index in [-0.39, 0.29) is 32.3 Å². The lowest BCUT2D eigenvalue weighted by Crippen LogP contribution is -2.28. The highest BCUT2D eigenvalue weighted by molar-refractivity contribution is 7.47. The van der Waals surface area contributed by atoms with Crippen molar-refractivity contribution in [2.45, 2.75) is 148 Å². The van der Waals surface area contributed by atoms with E-state index < -0.39 is 13.9 Å². The molecule has 0 amide bonds. The Morgan fingerprint density at radius 2 is 1.26 bits per heavy atom. The van der Waals surface area contributed by atoms with Crippen LogP contribution in [0.15, 0.2) is 24.3 Å². The first-order chi connectivity index (χ1) is 20.4. The maximum atomic E-state index is 12.3. The van der Waals surface area contributed by atoms with Crippen LogP contribution in [-0.2, 0) is 27.9 Å². The number of allylic oxidation sites excluding steroid dienone is 4. The lowest BCUT2D eigenvalue weighted by atomic mass is 10.1.